The Morgan fingerprint density at radius 2 is 1.88 bits per heavy atom. The van der Waals surface area contributed by atoms with Crippen LogP contribution in [0.4, 0.5) is 0 Å². The van der Waals surface area contributed by atoms with E-state index in [9.17, 15) is 0 Å². The highest BCUT2D eigenvalue weighted by Gasteiger charge is 1.95. The molecule has 0 radical (unpaired) electrons. The zero-order valence-corrected chi connectivity index (χ0v) is 6.98. The fourth-order valence-corrected chi connectivity index (χ4v) is 0.402. The van der Waals surface area contributed by atoms with Gasteiger partial charge in [-0.15, -0.1) is 0 Å². The van der Waals surface area contributed by atoms with Crippen LogP contribution in [-0.4, -0.2) is 23.4 Å². The molecule has 0 aromatic heterocycles. The van der Waals surface area contributed by atoms with Gasteiger partial charge in [-0.3, -0.25) is 0 Å². The SMILES string of the molecule is OC/C(Cl)=C(\I)CO. The minimum atomic E-state index is -0.194. The van der Waals surface area contributed by atoms with Crippen molar-refractivity contribution in [3.05, 3.63) is 8.61 Å². The standard InChI is InChI=1S/C4H6ClIO2/c5-3(1-7)4(6)2-8/h7-8H,1-2H2/b4-3+. The maximum absolute atomic E-state index is 8.38. The van der Waals surface area contributed by atoms with Gasteiger partial charge in [0.05, 0.1) is 18.2 Å². The summed E-state index contributed by atoms with van der Waals surface area (Å²) >= 11 is 7.25. The summed E-state index contributed by atoms with van der Waals surface area (Å²) in [7, 11) is 0. The van der Waals surface area contributed by atoms with E-state index in [1.165, 1.54) is 0 Å². The summed E-state index contributed by atoms with van der Waals surface area (Å²) < 4.78 is 0.590. The normalized spacial score (nSPS) is 13.5. The van der Waals surface area contributed by atoms with Crippen molar-refractivity contribution >= 4 is 34.2 Å². The molecule has 0 aliphatic rings. The quantitative estimate of drug-likeness (QED) is 0.712. The Kier molecular flexibility index (Phi) is 4.94. The van der Waals surface area contributed by atoms with Gasteiger partial charge in [0.1, 0.15) is 0 Å². The van der Waals surface area contributed by atoms with E-state index in [4.69, 9.17) is 21.8 Å². The first kappa shape index (κ1) is 8.68. The Morgan fingerprint density at radius 1 is 1.38 bits per heavy atom. The van der Waals surface area contributed by atoms with Crippen LogP contribution in [0.2, 0.25) is 0 Å². The van der Waals surface area contributed by atoms with Gasteiger partial charge in [0, 0.05) is 3.58 Å². The predicted octanol–water partition coefficient (Wildman–Crippen LogP) is 0.856. The molecule has 0 spiro atoms. The van der Waals surface area contributed by atoms with Crippen molar-refractivity contribution in [3.8, 4) is 0 Å². The van der Waals surface area contributed by atoms with Gasteiger partial charge in [-0.2, -0.15) is 0 Å². The van der Waals surface area contributed by atoms with Gasteiger partial charge in [0.15, 0.2) is 0 Å². The molecule has 0 saturated heterocycles. The van der Waals surface area contributed by atoms with Gasteiger partial charge in [-0.05, 0) is 22.6 Å². The molecule has 0 heterocycles. The van der Waals surface area contributed by atoms with Crippen molar-refractivity contribution in [1.29, 1.82) is 0 Å². The van der Waals surface area contributed by atoms with Gasteiger partial charge in [-0.1, -0.05) is 11.6 Å². The second-order valence-corrected chi connectivity index (χ2v) is 2.88. The van der Waals surface area contributed by atoms with E-state index in [1.807, 2.05) is 22.6 Å². The molecular formula is C4H6ClIO2. The van der Waals surface area contributed by atoms with Crippen LogP contribution in [0.3, 0.4) is 0 Å². The summed E-state index contributed by atoms with van der Waals surface area (Å²) in [5, 5.41) is 17.0. The monoisotopic (exact) mass is 248 g/mol. The van der Waals surface area contributed by atoms with Gasteiger partial charge in [-0.25, -0.2) is 0 Å². The number of hydrogen-bond acceptors (Lipinski definition) is 2. The molecule has 0 bridgehead atoms. The molecule has 48 valence electrons. The Bertz CT molecular complexity index is 90.2. The van der Waals surface area contributed by atoms with E-state index in [0.717, 1.165) is 0 Å². The molecule has 0 fully saturated rings. The largest absolute Gasteiger partial charge is 0.391 e. The molecule has 0 aliphatic carbocycles. The average molecular weight is 248 g/mol. The molecule has 4 heteroatoms. The van der Waals surface area contributed by atoms with Crippen molar-refractivity contribution < 1.29 is 10.2 Å². The Morgan fingerprint density at radius 3 is 2.00 bits per heavy atom. The van der Waals surface area contributed by atoms with E-state index in [1.54, 1.807) is 0 Å². The maximum atomic E-state index is 8.38. The maximum Gasteiger partial charge on any atom is 0.0796 e. The third kappa shape index (κ3) is 2.86. The first-order valence-corrected chi connectivity index (χ1v) is 3.42. The summed E-state index contributed by atoms with van der Waals surface area (Å²) in [4.78, 5) is 0. The van der Waals surface area contributed by atoms with Crippen LogP contribution in [-0.2, 0) is 0 Å². The molecule has 2 N–H and O–H groups in total. The lowest BCUT2D eigenvalue weighted by Crippen LogP contribution is -1.88. The van der Waals surface area contributed by atoms with Gasteiger partial charge in [0.25, 0.3) is 0 Å². The minimum absolute atomic E-state index is 0.0973. The van der Waals surface area contributed by atoms with Crippen molar-refractivity contribution in [2.75, 3.05) is 13.2 Å². The lowest BCUT2D eigenvalue weighted by Gasteiger charge is -1.93. The fraction of sp³-hybridized carbons (Fsp3) is 0.500. The van der Waals surface area contributed by atoms with Crippen LogP contribution < -0.4 is 0 Å². The zero-order valence-electron chi connectivity index (χ0n) is 4.06. The molecular weight excluding hydrogens is 242 g/mol. The van der Waals surface area contributed by atoms with Crippen molar-refractivity contribution in [1.82, 2.24) is 0 Å². The van der Waals surface area contributed by atoms with Gasteiger partial charge >= 0.3 is 0 Å². The zero-order chi connectivity index (χ0) is 6.57. The first-order chi connectivity index (χ1) is 3.72. The average Bonchev–Trinajstić information content (AvgIpc) is 1.84. The Labute approximate surface area is 66.3 Å². The van der Waals surface area contributed by atoms with E-state index in [2.05, 4.69) is 0 Å². The highest BCUT2D eigenvalue weighted by Crippen LogP contribution is 2.14. The number of hydrogen-bond donors (Lipinski definition) is 2. The second-order valence-electron chi connectivity index (χ2n) is 1.13. The topological polar surface area (TPSA) is 40.5 Å². The molecule has 8 heavy (non-hydrogen) atoms. The summed E-state index contributed by atoms with van der Waals surface area (Å²) in [5.74, 6) is 0. The summed E-state index contributed by atoms with van der Waals surface area (Å²) in [6.45, 7) is -0.291. The lowest BCUT2D eigenvalue weighted by molar-refractivity contribution is 0.325. The Balaban J connectivity index is 3.83. The number of halogens is 2. The summed E-state index contributed by atoms with van der Waals surface area (Å²) in [6, 6.07) is 0. The van der Waals surface area contributed by atoms with Crippen LogP contribution in [0.5, 0.6) is 0 Å². The van der Waals surface area contributed by atoms with Crippen molar-refractivity contribution in [3.63, 3.8) is 0 Å². The number of aliphatic hydroxyl groups is 2. The lowest BCUT2D eigenvalue weighted by atomic mass is 10.5. The van der Waals surface area contributed by atoms with Crippen LogP contribution >= 0.6 is 34.2 Å². The van der Waals surface area contributed by atoms with E-state index >= 15 is 0 Å². The molecule has 0 saturated carbocycles. The number of rotatable bonds is 2. The minimum Gasteiger partial charge on any atom is -0.391 e. The highest BCUT2D eigenvalue weighted by molar-refractivity contribution is 14.1. The van der Waals surface area contributed by atoms with E-state index < -0.39 is 0 Å². The van der Waals surface area contributed by atoms with Crippen molar-refractivity contribution in [2.45, 2.75) is 0 Å². The highest BCUT2D eigenvalue weighted by atomic mass is 127. The molecule has 0 amide bonds. The van der Waals surface area contributed by atoms with Gasteiger partial charge < -0.3 is 10.2 Å². The fourth-order valence-electron chi connectivity index (χ4n) is 0.172. The number of aliphatic hydroxyl groups excluding tert-OH is 2. The van der Waals surface area contributed by atoms with E-state index in [0.29, 0.717) is 8.61 Å². The summed E-state index contributed by atoms with van der Waals surface area (Å²) in [6.07, 6.45) is 0. The van der Waals surface area contributed by atoms with E-state index in [-0.39, 0.29) is 13.2 Å². The molecule has 0 aliphatic heterocycles. The molecule has 2 nitrogen and oxygen atoms in total. The Hall–Kier alpha value is 0.680. The van der Waals surface area contributed by atoms with Crippen LogP contribution in [0, 0.1) is 0 Å². The molecule has 0 rings (SSSR count). The van der Waals surface area contributed by atoms with Crippen LogP contribution in [0.15, 0.2) is 8.61 Å². The molecule has 0 aromatic rings. The third-order valence-electron chi connectivity index (χ3n) is 0.572. The van der Waals surface area contributed by atoms with Crippen LogP contribution in [0.25, 0.3) is 0 Å². The second kappa shape index (κ2) is 4.55. The predicted molar refractivity (Wildman–Crippen MR) is 41.1 cm³/mol. The van der Waals surface area contributed by atoms with Crippen molar-refractivity contribution in [2.24, 2.45) is 0 Å². The first-order valence-electron chi connectivity index (χ1n) is 1.97. The molecule has 0 atom stereocenters. The van der Waals surface area contributed by atoms with Crippen LogP contribution in [0.1, 0.15) is 0 Å². The molecule has 0 unspecified atom stereocenters. The molecule has 0 aromatic carbocycles. The summed E-state index contributed by atoms with van der Waals surface area (Å²) in [5.41, 5.74) is 0. The third-order valence-corrected chi connectivity index (χ3v) is 2.23. The van der Waals surface area contributed by atoms with Gasteiger partial charge in [0.2, 0.25) is 0 Å². The smallest absolute Gasteiger partial charge is 0.0796 e.